The number of methoxy groups -OCH3 is 1. The van der Waals surface area contributed by atoms with Crippen molar-refractivity contribution in [3.63, 3.8) is 0 Å². The van der Waals surface area contributed by atoms with Gasteiger partial charge in [-0.1, -0.05) is 41.3 Å². The lowest BCUT2D eigenvalue weighted by molar-refractivity contribution is -0.120. The van der Waals surface area contributed by atoms with Crippen LogP contribution in [-0.4, -0.2) is 28.5 Å². The molecule has 0 saturated carbocycles. The molecule has 0 aliphatic rings. The molecule has 152 valence electrons. The van der Waals surface area contributed by atoms with Crippen molar-refractivity contribution < 1.29 is 13.9 Å². The van der Waals surface area contributed by atoms with Crippen molar-refractivity contribution in [1.82, 2.24) is 15.5 Å². The van der Waals surface area contributed by atoms with E-state index in [1.54, 1.807) is 19.2 Å². The third-order valence-electron chi connectivity index (χ3n) is 4.10. The highest BCUT2D eigenvalue weighted by Gasteiger charge is 2.19. The summed E-state index contributed by atoms with van der Waals surface area (Å²) in [6, 6.07) is 13.4. The number of thioether (sulfide) groups is 1. The molecule has 2 aromatic carbocycles. The normalized spacial score (nSPS) is 12.8. The molecule has 1 amide bonds. The predicted octanol–water partition coefficient (Wildman–Crippen LogP) is 4.79. The number of carbonyl (C=O) groups is 1. The molecule has 2 N–H and O–H groups in total. The Morgan fingerprint density at radius 3 is 2.66 bits per heavy atom. The van der Waals surface area contributed by atoms with Crippen LogP contribution in [0.3, 0.4) is 0 Å². The standard InChI is InChI=1S/C20H21FN4O2S2/c1-12(14-7-9-15(21)10-8-14)22-18(26)13(2)28-20-25-24-19(29-20)23-16-5-4-6-17(11-16)27-3/h4-13H,1-3H3,(H,22,26)(H,23,24). The number of amides is 1. The zero-order valence-electron chi connectivity index (χ0n) is 16.2. The van der Waals surface area contributed by atoms with Crippen LogP contribution in [0.15, 0.2) is 52.9 Å². The summed E-state index contributed by atoms with van der Waals surface area (Å²) < 4.78 is 18.9. The minimum absolute atomic E-state index is 0.121. The van der Waals surface area contributed by atoms with E-state index in [9.17, 15) is 9.18 Å². The molecule has 0 aliphatic carbocycles. The second-order valence-corrected chi connectivity index (χ2v) is 8.84. The van der Waals surface area contributed by atoms with Gasteiger partial charge in [0, 0.05) is 11.8 Å². The monoisotopic (exact) mass is 432 g/mol. The molecule has 1 aromatic heterocycles. The van der Waals surface area contributed by atoms with Gasteiger partial charge in [-0.3, -0.25) is 4.79 Å². The van der Waals surface area contributed by atoms with Gasteiger partial charge in [0.1, 0.15) is 11.6 Å². The van der Waals surface area contributed by atoms with E-state index in [1.807, 2.05) is 38.1 Å². The molecule has 3 rings (SSSR count). The summed E-state index contributed by atoms with van der Waals surface area (Å²) >= 11 is 2.71. The average Bonchev–Trinajstić information content (AvgIpc) is 3.15. The molecule has 0 bridgehead atoms. The van der Waals surface area contributed by atoms with Crippen LogP contribution in [0.5, 0.6) is 5.75 Å². The van der Waals surface area contributed by atoms with E-state index in [0.29, 0.717) is 9.47 Å². The maximum atomic E-state index is 13.0. The highest BCUT2D eigenvalue weighted by molar-refractivity contribution is 8.02. The first-order chi connectivity index (χ1) is 13.9. The number of benzene rings is 2. The first-order valence-electron chi connectivity index (χ1n) is 8.91. The number of rotatable bonds is 8. The SMILES string of the molecule is COc1cccc(Nc2nnc(SC(C)C(=O)NC(C)c3ccc(F)cc3)s2)c1. The van der Waals surface area contributed by atoms with Gasteiger partial charge in [0.2, 0.25) is 11.0 Å². The molecule has 3 aromatic rings. The molecule has 2 atom stereocenters. The first kappa shape index (κ1) is 21.1. The van der Waals surface area contributed by atoms with E-state index in [1.165, 1.54) is 35.2 Å². The van der Waals surface area contributed by atoms with Crippen molar-refractivity contribution in [2.24, 2.45) is 0 Å². The number of ether oxygens (including phenoxy) is 1. The zero-order chi connectivity index (χ0) is 20.8. The molecule has 0 aliphatic heterocycles. The summed E-state index contributed by atoms with van der Waals surface area (Å²) in [5.74, 6) is 0.324. The fourth-order valence-electron chi connectivity index (χ4n) is 2.50. The van der Waals surface area contributed by atoms with E-state index in [2.05, 4.69) is 20.8 Å². The van der Waals surface area contributed by atoms with Gasteiger partial charge in [0.25, 0.3) is 0 Å². The molecule has 0 radical (unpaired) electrons. The lowest BCUT2D eigenvalue weighted by Gasteiger charge is -2.17. The van der Waals surface area contributed by atoms with Crippen LogP contribution in [0.25, 0.3) is 0 Å². The van der Waals surface area contributed by atoms with Gasteiger partial charge in [0.05, 0.1) is 18.4 Å². The minimum Gasteiger partial charge on any atom is -0.497 e. The van der Waals surface area contributed by atoms with Crippen molar-refractivity contribution in [2.75, 3.05) is 12.4 Å². The van der Waals surface area contributed by atoms with Crippen LogP contribution in [0, 0.1) is 5.82 Å². The Morgan fingerprint density at radius 2 is 1.93 bits per heavy atom. The number of nitrogens with zero attached hydrogens (tertiary/aromatic N) is 2. The molecule has 0 fully saturated rings. The molecule has 0 spiro atoms. The van der Waals surface area contributed by atoms with E-state index in [4.69, 9.17) is 4.74 Å². The summed E-state index contributed by atoms with van der Waals surface area (Å²) in [6.07, 6.45) is 0. The highest BCUT2D eigenvalue weighted by Crippen LogP contribution is 2.31. The summed E-state index contributed by atoms with van der Waals surface area (Å²) in [4.78, 5) is 12.5. The summed E-state index contributed by atoms with van der Waals surface area (Å²) in [7, 11) is 1.61. The predicted molar refractivity (Wildman–Crippen MR) is 114 cm³/mol. The molecular weight excluding hydrogens is 411 g/mol. The van der Waals surface area contributed by atoms with E-state index in [-0.39, 0.29) is 23.0 Å². The van der Waals surface area contributed by atoms with Gasteiger partial charge in [-0.05, 0) is 43.7 Å². The van der Waals surface area contributed by atoms with Gasteiger partial charge < -0.3 is 15.4 Å². The Hall–Kier alpha value is -2.65. The summed E-state index contributed by atoms with van der Waals surface area (Å²) in [5, 5.41) is 14.7. The Bertz CT molecular complexity index is 965. The molecular formula is C20H21FN4O2S2. The third-order valence-corrected chi connectivity index (χ3v) is 6.13. The van der Waals surface area contributed by atoms with Crippen molar-refractivity contribution >= 4 is 39.8 Å². The average molecular weight is 433 g/mol. The van der Waals surface area contributed by atoms with E-state index in [0.717, 1.165) is 17.0 Å². The smallest absolute Gasteiger partial charge is 0.233 e. The van der Waals surface area contributed by atoms with Crippen LogP contribution in [0.2, 0.25) is 0 Å². The second kappa shape index (κ2) is 9.71. The molecule has 2 unspecified atom stereocenters. The molecule has 1 heterocycles. The van der Waals surface area contributed by atoms with Gasteiger partial charge in [0.15, 0.2) is 4.34 Å². The zero-order valence-corrected chi connectivity index (χ0v) is 17.8. The van der Waals surface area contributed by atoms with Gasteiger partial charge in [-0.25, -0.2) is 4.39 Å². The maximum Gasteiger partial charge on any atom is 0.233 e. The van der Waals surface area contributed by atoms with Crippen molar-refractivity contribution in [3.8, 4) is 5.75 Å². The lowest BCUT2D eigenvalue weighted by atomic mass is 10.1. The molecule has 6 nitrogen and oxygen atoms in total. The Kier molecular flexibility index (Phi) is 7.05. The fraction of sp³-hybridized carbons (Fsp3) is 0.250. The largest absolute Gasteiger partial charge is 0.497 e. The van der Waals surface area contributed by atoms with E-state index < -0.39 is 0 Å². The number of hydrogen-bond acceptors (Lipinski definition) is 7. The topological polar surface area (TPSA) is 76.1 Å². The quantitative estimate of drug-likeness (QED) is 0.499. The van der Waals surface area contributed by atoms with Crippen LogP contribution in [0.4, 0.5) is 15.2 Å². The summed E-state index contributed by atoms with van der Waals surface area (Å²) in [5.41, 5.74) is 1.69. The fourth-order valence-corrected chi connectivity index (χ4v) is 4.43. The number of nitrogens with one attached hydrogen (secondary N) is 2. The lowest BCUT2D eigenvalue weighted by Crippen LogP contribution is -2.33. The number of hydrogen-bond donors (Lipinski definition) is 2. The Labute approximate surface area is 176 Å². The van der Waals surface area contributed by atoms with E-state index >= 15 is 0 Å². The first-order valence-corrected chi connectivity index (χ1v) is 10.6. The number of halogens is 1. The summed E-state index contributed by atoms with van der Waals surface area (Å²) in [6.45, 7) is 3.68. The number of anilines is 2. The van der Waals surface area contributed by atoms with Gasteiger partial charge in [-0.2, -0.15) is 0 Å². The molecule has 9 heteroatoms. The van der Waals surface area contributed by atoms with Crippen LogP contribution >= 0.6 is 23.1 Å². The molecule has 29 heavy (non-hydrogen) atoms. The van der Waals surface area contributed by atoms with Crippen LogP contribution in [0.1, 0.15) is 25.5 Å². The van der Waals surface area contributed by atoms with Crippen molar-refractivity contribution in [1.29, 1.82) is 0 Å². The van der Waals surface area contributed by atoms with Crippen molar-refractivity contribution in [2.45, 2.75) is 29.5 Å². The van der Waals surface area contributed by atoms with Crippen LogP contribution < -0.4 is 15.4 Å². The highest BCUT2D eigenvalue weighted by atomic mass is 32.2. The van der Waals surface area contributed by atoms with Gasteiger partial charge >= 0.3 is 0 Å². The number of carbonyl (C=O) groups excluding carboxylic acids is 1. The van der Waals surface area contributed by atoms with Crippen molar-refractivity contribution in [3.05, 3.63) is 59.9 Å². The second-order valence-electron chi connectivity index (χ2n) is 6.27. The minimum atomic E-state index is -0.351. The maximum absolute atomic E-state index is 13.0. The van der Waals surface area contributed by atoms with Gasteiger partial charge in [-0.15, -0.1) is 10.2 Å². The third kappa shape index (κ3) is 5.91. The Morgan fingerprint density at radius 1 is 1.17 bits per heavy atom. The van der Waals surface area contributed by atoms with Crippen LogP contribution in [-0.2, 0) is 4.79 Å². The molecule has 0 saturated heterocycles. The number of aromatic nitrogens is 2. The Balaban J connectivity index is 1.55.